The lowest BCUT2D eigenvalue weighted by Gasteiger charge is -2.40. The Labute approximate surface area is 142 Å². The monoisotopic (exact) mass is 325 g/mol. The average molecular weight is 325 g/mol. The molecule has 0 bridgehead atoms. The molecule has 5 nitrogen and oxygen atoms in total. The van der Waals surface area contributed by atoms with Gasteiger partial charge in [0.2, 0.25) is 0 Å². The quantitative estimate of drug-likeness (QED) is 0.883. The molecule has 0 spiro atoms. The Morgan fingerprint density at radius 2 is 2.08 bits per heavy atom. The molecule has 0 amide bonds. The maximum atomic E-state index is 12.0. The highest BCUT2D eigenvalue weighted by atomic mass is 16.4. The van der Waals surface area contributed by atoms with Crippen LogP contribution in [0.1, 0.15) is 31.2 Å². The van der Waals surface area contributed by atoms with Crippen molar-refractivity contribution in [2.24, 2.45) is 5.41 Å². The van der Waals surface area contributed by atoms with Crippen LogP contribution in [0.2, 0.25) is 0 Å². The Morgan fingerprint density at radius 1 is 1.25 bits per heavy atom. The number of hydrogen-bond acceptors (Lipinski definition) is 4. The van der Waals surface area contributed by atoms with Crippen LogP contribution in [0.4, 0.5) is 5.82 Å². The maximum Gasteiger partial charge on any atom is 0.311 e. The second-order valence-corrected chi connectivity index (χ2v) is 6.51. The summed E-state index contributed by atoms with van der Waals surface area (Å²) in [6.45, 7) is 1.35. The molecule has 0 saturated carbocycles. The summed E-state index contributed by atoms with van der Waals surface area (Å²) < 4.78 is 0. The summed E-state index contributed by atoms with van der Waals surface area (Å²) in [6.07, 6.45) is 9.09. The molecule has 1 saturated heterocycles. The van der Waals surface area contributed by atoms with E-state index in [1.165, 1.54) is 5.56 Å². The zero-order valence-corrected chi connectivity index (χ0v) is 13.8. The van der Waals surface area contributed by atoms with Gasteiger partial charge in [0.25, 0.3) is 0 Å². The zero-order chi connectivity index (χ0) is 16.8. The first-order valence-electron chi connectivity index (χ1n) is 8.48. The Kier molecular flexibility index (Phi) is 5.08. The first kappa shape index (κ1) is 16.4. The second-order valence-electron chi connectivity index (χ2n) is 6.51. The van der Waals surface area contributed by atoms with E-state index in [1.54, 1.807) is 18.6 Å². The fourth-order valence-corrected chi connectivity index (χ4v) is 3.54. The molecule has 0 unspecified atom stereocenters. The van der Waals surface area contributed by atoms with Gasteiger partial charge in [-0.2, -0.15) is 0 Å². The Morgan fingerprint density at radius 3 is 2.79 bits per heavy atom. The fraction of sp³-hybridized carbons (Fsp3) is 0.421. The smallest absolute Gasteiger partial charge is 0.311 e. The lowest BCUT2D eigenvalue weighted by Crippen LogP contribution is -2.48. The molecule has 24 heavy (non-hydrogen) atoms. The molecule has 1 N–H and O–H groups in total. The molecule has 0 aliphatic carbocycles. The van der Waals surface area contributed by atoms with Crippen LogP contribution in [0.5, 0.6) is 0 Å². The summed E-state index contributed by atoms with van der Waals surface area (Å²) in [4.78, 5) is 22.5. The van der Waals surface area contributed by atoms with E-state index in [0.717, 1.165) is 38.0 Å². The first-order chi connectivity index (χ1) is 11.7. The molecule has 1 aliphatic heterocycles. The van der Waals surface area contributed by atoms with E-state index in [1.807, 2.05) is 18.2 Å². The van der Waals surface area contributed by atoms with Gasteiger partial charge in [-0.05, 0) is 37.7 Å². The van der Waals surface area contributed by atoms with Crippen molar-refractivity contribution in [1.29, 1.82) is 0 Å². The maximum absolute atomic E-state index is 12.0. The SMILES string of the molecule is O=C(O)[C@]1(CCCc2ccccc2)CCCN(c2cnccn2)C1. The highest BCUT2D eigenvalue weighted by molar-refractivity contribution is 5.76. The minimum Gasteiger partial charge on any atom is -0.481 e. The number of piperidine rings is 1. The van der Waals surface area contributed by atoms with Crippen molar-refractivity contribution in [3.63, 3.8) is 0 Å². The predicted molar refractivity (Wildman–Crippen MR) is 92.9 cm³/mol. The van der Waals surface area contributed by atoms with Gasteiger partial charge in [-0.25, -0.2) is 4.98 Å². The summed E-state index contributed by atoms with van der Waals surface area (Å²) in [5.74, 6) is 0.0787. The molecule has 1 fully saturated rings. The van der Waals surface area contributed by atoms with Crippen molar-refractivity contribution >= 4 is 11.8 Å². The van der Waals surface area contributed by atoms with Gasteiger partial charge in [-0.1, -0.05) is 30.3 Å². The number of hydrogen-bond donors (Lipinski definition) is 1. The molecule has 1 aromatic carbocycles. The van der Waals surface area contributed by atoms with Crippen LogP contribution in [-0.4, -0.2) is 34.1 Å². The molecule has 1 atom stereocenters. The van der Waals surface area contributed by atoms with E-state index >= 15 is 0 Å². The number of aliphatic carboxylic acids is 1. The summed E-state index contributed by atoms with van der Waals surface area (Å²) in [7, 11) is 0. The van der Waals surface area contributed by atoms with Crippen molar-refractivity contribution in [2.45, 2.75) is 32.1 Å². The van der Waals surface area contributed by atoms with Gasteiger partial charge in [-0.3, -0.25) is 9.78 Å². The number of anilines is 1. The number of benzene rings is 1. The van der Waals surface area contributed by atoms with Gasteiger partial charge in [-0.15, -0.1) is 0 Å². The molecule has 0 radical (unpaired) electrons. The molecule has 5 heteroatoms. The van der Waals surface area contributed by atoms with Crippen molar-refractivity contribution in [3.05, 3.63) is 54.5 Å². The topological polar surface area (TPSA) is 66.3 Å². The molecule has 3 rings (SSSR count). The number of aromatic nitrogens is 2. The van der Waals surface area contributed by atoms with Gasteiger partial charge in [0.1, 0.15) is 5.82 Å². The summed E-state index contributed by atoms with van der Waals surface area (Å²) in [6, 6.07) is 10.2. The molecule has 2 aromatic rings. The molecular formula is C19H23N3O2. The number of nitrogens with zero attached hydrogens (tertiary/aromatic N) is 3. The lowest BCUT2D eigenvalue weighted by atomic mass is 9.75. The minimum absolute atomic E-state index is 0.510. The van der Waals surface area contributed by atoms with Crippen LogP contribution in [-0.2, 0) is 11.2 Å². The van der Waals surface area contributed by atoms with Crippen LogP contribution in [0, 0.1) is 5.41 Å². The number of carbonyl (C=O) groups is 1. The first-order valence-corrected chi connectivity index (χ1v) is 8.48. The molecule has 1 aromatic heterocycles. The standard InChI is InChI=1S/C19H23N3O2/c23-18(24)19(9-4-8-16-6-2-1-3-7-16)10-5-13-22(15-19)17-14-20-11-12-21-17/h1-3,6-7,11-12,14H,4-5,8-10,13,15H2,(H,23,24)/t19-/m1/s1. The van der Waals surface area contributed by atoms with E-state index in [9.17, 15) is 9.90 Å². The van der Waals surface area contributed by atoms with E-state index in [4.69, 9.17) is 0 Å². The lowest BCUT2D eigenvalue weighted by molar-refractivity contribution is -0.150. The van der Waals surface area contributed by atoms with Gasteiger partial charge >= 0.3 is 5.97 Å². The number of carboxylic acids is 1. The highest BCUT2D eigenvalue weighted by Crippen LogP contribution is 2.36. The predicted octanol–water partition coefficient (Wildman–Crippen LogP) is 3.17. The molecule has 1 aliphatic rings. The van der Waals surface area contributed by atoms with E-state index < -0.39 is 11.4 Å². The van der Waals surface area contributed by atoms with Crippen molar-refractivity contribution in [2.75, 3.05) is 18.0 Å². The number of rotatable bonds is 6. The van der Waals surface area contributed by atoms with Gasteiger partial charge in [0, 0.05) is 25.5 Å². The Bertz CT molecular complexity index is 663. The normalized spacial score (nSPS) is 20.8. The molecular weight excluding hydrogens is 302 g/mol. The van der Waals surface area contributed by atoms with Crippen molar-refractivity contribution < 1.29 is 9.90 Å². The Hall–Kier alpha value is -2.43. The third kappa shape index (κ3) is 3.72. The van der Waals surface area contributed by atoms with Crippen LogP contribution in [0.25, 0.3) is 0 Å². The van der Waals surface area contributed by atoms with E-state index in [0.29, 0.717) is 13.0 Å². The van der Waals surface area contributed by atoms with Gasteiger partial charge in [0.05, 0.1) is 11.6 Å². The van der Waals surface area contributed by atoms with Crippen molar-refractivity contribution in [1.82, 2.24) is 9.97 Å². The van der Waals surface area contributed by atoms with Gasteiger partial charge in [0.15, 0.2) is 0 Å². The highest BCUT2D eigenvalue weighted by Gasteiger charge is 2.42. The van der Waals surface area contributed by atoms with E-state index in [2.05, 4.69) is 27.0 Å². The van der Waals surface area contributed by atoms with E-state index in [-0.39, 0.29) is 0 Å². The third-order valence-electron chi connectivity index (χ3n) is 4.87. The van der Waals surface area contributed by atoms with Gasteiger partial charge < -0.3 is 10.0 Å². The fourth-order valence-electron chi connectivity index (χ4n) is 3.54. The number of aryl methyl sites for hydroxylation is 1. The van der Waals surface area contributed by atoms with Crippen molar-refractivity contribution in [3.8, 4) is 0 Å². The molecule has 2 heterocycles. The largest absolute Gasteiger partial charge is 0.481 e. The third-order valence-corrected chi connectivity index (χ3v) is 4.87. The molecule has 126 valence electrons. The van der Waals surface area contributed by atoms with Crippen LogP contribution < -0.4 is 4.90 Å². The average Bonchev–Trinajstić information content (AvgIpc) is 2.63. The summed E-state index contributed by atoms with van der Waals surface area (Å²) in [5, 5.41) is 9.89. The zero-order valence-electron chi connectivity index (χ0n) is 13.8. The van der Waals surface area contributed by atoms with Crippen LogP contribution in [0.3, 0.4) is 0 Å². The minimum atomic E-state index is -0.691. The van der Waals surface area contributed by atoms with Crippen LogP contribution >= 0.6 is 0 Å². The second kappa shape index (κ2) is 7.43. The summed E-state index contributed by atoms with van der Waals surface area (Å²) >= 11 is 0. The Balaban J connectivity index is 1.67. The van der Waals surface area contributed by atoms with Crippen LogP contribution in [0.15, 0.2) is 48.9 Å². The summed E-state index contributed by atoms with van der Waals surface area (Å²) in [5.41, 5.74) is 0.574. The number of carboxylic acid groups (broad SMARTS) is 1.